The number of aliphatic hydroxyl groups is 1. The smallest absolute Gasteiger partial charge is 0.330 e. The quantitative estimate of drug-likeness (QED) is 0.657. The van der Waals surface area contributed by atoms with Gasteiger partial charge in [0.15, 0.2) is 6.04 Å². The summed E-state index contributed by atoms with van der Waals surface area (Å²) < 4.78 is 0. The van der Waals surface area contributed by atoms with E-state index in [1.54, 1.807) is 0 Å². The number of aliphatic carboxylic acids is 1. The Morgan fingerprint density at radius 3 is 2.82 bits per heavy atom. The predicted octanol–water partition coefficient (Wildman–Crippen LogP) is -0.148. The molecule has 2 aliphatic rings. The Balaban J connectivity index is 1.67. The lowest BCUT2D eigenvalue weighted by Crippen LogP contribution is -2.70. The van der Waals surface area contributed by atoms with E-state index in [9.17, 15) is 24.6 Å². The average Bonchev–Trinajstić information content (AvgIpc) is 3.00. The zero-order valence-corrected chi connectivity index (χ0v) is 13.2. The van der Waals surface area contributed by atoms with Crippen LogP contribution in [0.5, 0.6) is 0 Å². The van der Waals surface area contributed by atoms with E-state index in [-0.39, 0.29) is 12.3 Å². The molecule has 0 spiro atoms. The van der Waals surface area contributed by atoms with Gasteiger partial charge in [-0.15, -0.1) is 11.3 Å². The number of amides is 2. The van der Waals surface area contributed by atoms with Gasteiger partial charge in [0.05, 0.1) is 6.42 Å². The van der Waals surface area contributed by atoms with Crippen LogP contribution in [-0.2, 0) is 20.8 Å². The molecule has 1 unspecified atom stereocenters. The molecule has 7 nitrogen and oxygen atoms in total. The van der Waals surface area contributed by atoms with Gasteiger partial charge in [-0.3, -0.25) is 9.59 Å². The first kappa shape index (κ1) is 15.3. The molecule has 0 aliphatic carbocycles. The van der Waals surface area contributed by atoms with E-state index in [0.717, 1.165) is 21.5 Å². The van der Waals surface area contributed by atoms with Gasteiger partial charge in [-0.05, 0) is 18.4 Å². The Labute approximate surface area is 134 Å². The Morgan fingerprint density at radius 2 is 2.23 bits per heavy atom. The van der Waals surface area contributed by atoms with Crippen LogP contribution < -0.4 is 5.32 Å². The van der Waals surface area contributed by atoms with Gasteiger partial charge in [-0.1, -0.05) is 17.8 Å². The van der Waals surface area contributed by atoms with Gasteiger partial charge >= 0.3 is 5.97 Å². The molecule has 2 amide bonds. The summed E-state index contributed by atoms with van der Waals surface area (Å²) in [6.07, 6.45) is 0.178. The molecule has 2 aliphatic heterocycles. The number of hydrogen-bond donors (Lipinski definition) is 3. The number of nitrogens with zero attached hydrogens (tertiary/aromatic N) is 1. The Bertz CT molecular complexity index is 630. The van der Waals surface area contributed by atoms with Crippen LogP contribution in [-0.4, -0.2) is 55.3 Å². The van der Waals surface area contributed by atoms with Crippen LogP contribution in [0.1, 0.15) is 11.8 Å². The van der Waals surface area contributed by atoms with Crippen molar-refractivity contribution in [2.75, 3.05) is 0 Å². The fourth-order valence-electron chi connectivity index (χ4n) is 2.73. The number of carbonyl (C=O) groups is 3. The van der Waals surface area contributed by atoms with E-state index in [0.29, 0.717) is 0 Å². The minimum Gasteiger partial charge on any atom is -0.480 e. The van der Waals surface area contributed by atoms with Gasteiger partial charge in [0, 0.05) is 4.88 Å². The van der Waals surface area contributed by atoms with Crippen LogP contribution >= 0.6 is 23.1 Å². The molecule has 4 atom stereocenters. The van der Waals surface area contributed by atoms with Crippen LogP contribution in [0.15, 0.2) is 17.5 Å². The number of rotatable bonds is 4. The average molecular weight is 342 g/mol. The van der Waals surface area contributed by atoms with E-state index in [1.807, 2.05) is 17.5 Å². The Hall–Kier alpha value is -1.58. The summed E-state index contributed by atoms with van der Waals surface area (Å²) in [4.78, 5) is 35.8. The van der Waals surface area contributed by atoms with Crippen molar-refractivity contribution < 1.29 is 24.6 Å². The molecule has 118 valence electrons. The van der Waals surface area contributed by atoms with Crippen LogP contribution in [0.2, 0.25) is 0 Å². The first-order valence-corrected chi connectivity index (χ1v) is 8.34. The van der Waals surface area contributed by atoms with Crippen molar-refractivity contribution in [3.8, 4) is 0 Å². The number of carbonyl (C=O) groups excluding carboxylic acids is 2. The van der Waals surface area contributed by atoms with E-state index >= 15 is 0 Å². The molecule has 9 heteroatoms. The number of thiophene rings is 1. The monoisotopic (exact) mass is 342 g/mol. The topological polar surface area (TPSA) is 107 Å². The summed E-state index contributed by atoms with van der Waals surface area (Å²) in [5.41, 5.74) is 0. The second-order valence-electron chi connectivity index (χ2n) is 5.35. The summed E-state index contributed by atoms with van der Waals surface area (Å²) in [7, 11) is 0. The third-order valence-corrected chi connectivity index (χ3v) is 6.01. The van der Waals surface area contributed by atoms with E-state index < -0.39 is 34.3 Å². The molecule has 3 N–H and O–H groups in total. The first-order chi connectivity index (χ1) is 10.3. The lowest BCUT2D eigenvalue weighted by atomic mass is 10.0. The molecular weight excluding hydrogens is 328 g/mol. The predicted molar refractivity (Wildman–Crippen MR) is 80.2 cm³/mol. The highest BCUT2D eigenvalue weighted by Gasteiger charge is 2.65. The Kier molecular flexibility index (Phi) is 3.66. The van der Waals surface area contributed by atoms with Gasteiger partial charge in [-0.2, -0.15) is 0 Å². The molecule has 0 aromatic carbocycles. The number of carboxylic acid groups (broad SMARTS) is 1. The highest BCUT2D eigenvalue weighted by Crippen LogP contribution is 2.49. The van der Waals surface area contributed by atoms with Gasteiger partial charge in [0.1, 0.15) is 16.3 Å². The molecule has 2 fully saturated rings. The molecule has 3 rings (SSSR count). The first-order valence-electron chi connectivity index (χ1n) is 6.58. The van der Waals surface area contributed by atoms with Gasteiger partial charge < -0.3 is 20.4 Å². The minimum absolute atomic E-state index is 0.178. The highest BCUT2D eigenvalue weighted by atomic mass is 32.2. The largest absolute Gasteiger partial charge is 0.480 e. The zero-order valence-electron chi connectivity index (χ0n) is 11.6. The van der Waals surface area contributed by atoms with Crippen molar-refractivity contribution in [3.63, 3.8) is 0 Å². The van der Waals surface area contributed by atoms with Crippen molar-refractivity contribution in [3.05, 3.63) is 22.4 Å². The normalized spacial score (nSPS) is 33.3. The Morgan fingerprint density at radius 1 is 1.50 bits per heavy atom. The number of thioether (sulfide) groups is 1. The number of β-lactam (4-membered cyclic amide) rings is 1. The van der Waals surface area contributed by atoms with Gasteiger partial charge in [-0.25, -0.2) is 4.79 Å². The lowest BCUT2D eigenvalue weighted by molar-refractivity contribution is -0.164. The summed E-state index contributed by atoms with van der Waals surface area (Å²) in [5.74, 6) is -2.02. The van der Waals surface area contributed by atoms with Crippen molar-refractivity contribution in [2.24, 2.45) is 0 Å². The highest BCUT2D eigenvalue weighted by molar-refractivity contribution is 8.01. The molecule has 0 radical (unpaired) electrons. The maximum Gasteiger partial charge on any atom is 0.330 e. The fourth-order valence-corrected chi connectivity index (χ4v) is 4.92. The molecule has 2 saturated heterocycles. The second kappa shape index (κ2) is 5.25. The minimum atomic E-state index is -1.57. The standard InChI is InChI=1S/C13H14N2O5S2/c1-13(20)9(12(18)19)15-10(17)8(11(15)22-13)14-7(16)5-6-3-2-4-21-6/h2-4,8-9,11,20H,5H2,1H3,(H,14,16)(H,18,19)/t8-,9+,11-,13?/m1/s1. The maximum absolute atomic E-state index is 12.1. The number of hydrogen-bond acceptors (Lipinski definition) is 6. The summed E-state index contributed by atoms with van der Waals surface area (Å²) in [6, 6.07) is 1.59. The summed E-state index contributed by atoms with van der Waals surface area (Å²) in [5, 5.41) is 23.3. The molecule has 0 saturated carbocycles. The molecule has 22 heavy (non-hydrogen) atoms. The molecule has 0 bridgehead atoms. The zero-order chi connectivity index (χ0) is 16.1. The van der Waals surface area contributed by atoms with Crippen molar-refractivity contribution in [1.82, 2.24) is 10.2 Å². The van der Waals surface area contributed by atoms with Crippen molar-refractivity contribution in [2.45, 2.75) is 35.7 Å². The molecule has 1 aromatic rings. The molecule has 3 heterocycles. The summed E-state index contributed by atoms with van der Waals surface area (Å²) in [6.45, 7) is 1.37. The number of nitrogens with one attached hydrogen (secondary N) is 1. The number of fused-ring (bicyclic) bond motifs is 1. The van der Waals surface area contributed by atoms with E-state index in [2.05, 4.69) is 5.32 Å². The fraction of sp³-hybridized carbons (Fsp3) is 0.462. The van der Waals surface area contributed by atoms with Gasteiger partial charge in [0.25, 0.3) is 0 Å². The third-order valence-electron chi connectivity index (χ3n) is 3.69. The molecular formula is C13H14N2O5S2. The maximum atomic E-state index is 12.1. The lowest BCUT2D eigenvalue weighted by Gasteiger charge is -2.43. The van der Waals surface area contributed by atoms with E-state index in [1.165, 1.54) is 18.3 Å². The van der Waals surface area contributed by atoms with Crippen LogP contribution in [0.25, 0.3) is 0 Å². The van der Waals surface area contributed by atoms with Crippen LogP contribution in [0, 0.1) is 0 Å². The van der Waals surface area contributed by atoms with E-state index in [4.69, 9.17) is 0 Å². The van der Waals surface area contributed by atoms with Crippen LogP contribution in [0.3, 0.4) is 0 Å². The SMILES string of the molecule is CC1(O)S[C@@H]2[C@H](NC(=O)Cc3cccs3)C(=O)N2[C@H]1C(=O)O. The van der Waals surface area contributed by atoms with Crippen molar-refractivity contribution >= 4 is 40.9 Å². The molecule has 1 aromatic heterocycles. The number of carboxylic acids is 1. The van der Waals surface area contributed by atoms with Crippen molar-refractivity contribution in [1.29, 1.82) is 0 Å². The second-order valence-corrected chi connectivity index (χ2v) is 7.93. The van der Waals surface area contributed by atoms with Gasteiger partial charge in [0.2, 0.25) is 11.8 Å². The summed E-state index contributed by atoms with van der Waals surface area (Å²) >= 11 is 2.43. The van der Waals surface area contributed by atoms with Crippen LogP contribution in [0.4, 0.5) is 0 Å². The third kappa shape index (κ3) is 2.38.